The summed E-state index contributed by atoms with van der Waals surface area (Å²) in [5.41, 5.74) is 0. The molecular weight excluding hydrogens is 218 g/mol. The van der Waals surface area contributed by atoms with Gasteiger partial charge in [-0.05, 0) is 37.6 Å². The lowest BCUT2D eigenvalue weighted by atomic mass is 10.3. The molecule has 0 amide bonds. The highest BCUT2D eigenvalue weighted by Crippen LogP contribution is 2.12. The van der Waals surface area contributed by atoms with Crippen molar-refractivity contribution >= 4 is 17.6 Å². The van der Waals surface area contributed by atoms with E-state index in [9.17, 15) is 4.79 Å². The minimum absolute atomic E-state index is 0.268. The molecule has 1 N–H and O–H groups in total. The summed E-state index contributed by atoms with van der Waals surface area (Å²) in [7, 11) is 0. The number of furan rings is 1. The fourth-order valence-electron chi connectivity index (χ4n) is 1.05. The third kappa shape index (κ3) is 3.93. The van der Waals surface area contributed by atoms with Crippen LogP contribution in [0, 0.1) is 0 Å². The van der Waals surface area contributed by atoms with Gasteiger partial charge in [-0.1, -0.05) is 0 Å². The van der Waals surface area contributed by atoms with Crippen LogP contribution in [0.3, 0.4) is 0 Å². The summed E-state index contributed by atoms with van der Waals surface area (Å²) in [4.78, 5) is 11.2. The average molecular weight is 232 g/mol. The van der Waals surface area contributed by atoms with Gasteiger partial charge in [-0.25, -0.2) is 0 Å². The molecule has 0 spiro atoms. The number of ether oxygens (including phenoxy) is 1. The molecule has 0 aromatic carbocycles. The van der Waals surface area contributed by atoms with Crippen LogP contribution in [0.1, 0.15) is 19.6 Å². The molecule has 1 rings (SSSR count). The first-order chi connectivity index (χ1) is 7.13. The van der Waals surface area contributed by atoms with E-state index in [0.29, 0.717) is 24.1 Å². The summed E-state index contributed by atoms with van der Waals surface area (Å²) in [6.45, 7) is 4.35. The fourth-order valence-corrected chi connectivity index (χ4v) is 1.21. The monoisotopic (exact) mass is 231 g/mol. The van der Waals surface area contributed by atoms with Crippen molar-refractivity contribution in [3.63, 3.8) is 0 Å². The molecule has 0 aliphatic heterocycles. The number of hydrogen-bond donors (Lipinski definition) is 1. The molecule has 0 fully saturated rings. The zero-order valence-electron chi connectivity index (χ0n) is 8.75. The first-order valence-electron chi connectivity index (χ1n) is 4.77. The van der Waals surface area contributed by atoms with Crippen LogP contribution >= 0.6 is 11.6 Å². The van der Waals surface area contributed by atoms with Gasteiger partial charge in [-0.3, -0.25) is 10.1 Å². The molecule has 0 radical (unpaired) electrons. The third-order valence-electron chi connectivity index (χ3n) is 1.85. The van der Waals surface area contributed by atoms with E-state index >= 15 is 0 Å². The molecule has 0 saturated carbocycles. The minimum atomic E-state index is -0.353. The average Bonchev–Trinajstić information content (AvgIpc) is 2.61. The van der Waals surface area contributed by atoms with Gasteiger partial charge in [0.05, 0.1) is 13.2 Å². The lowest BCUT2D eigenvalue weighted by molar-refractivity contribution is -0.145. The molecule has 1 aromatic rings. The maximum atomic E-state index is 11.2. The van der Waals surface area contributed by atoms with E-state index in [0.717, 1.165) is 0 Å². The molecule has 1 atom stereocenters. The SMILES string of the molecule is CCOC(=O)C(C)NCc1ccc(Cl)o1. The van der Waals surface area contributed by atoms with Crippen LogP contribution in [0.25, 0.3) is 0 Å². The number of carbonyl (C=O) groups is 1. The van der Waals surface area contributed by atoms with Crippen LogP contribution in [0.5, 0.6) is 0 Å². The second-order valence-electron chi connectivity index (χ2n) is 3.06. The Kier molecular flexibility index (Phi) is 4.65. The molecule has 0 aliphatic rings. The van der Waals surface area contributed by atoms with Crippen molar-refractivity contribution in [2.45, 2.75) is 26.4 Å². The van der Waals surface area contributed by atoms with E-state index in [1.807, 2.05) is 0 Å². The van der Waals surface area contributed by atoms with Crippen molar-refractivity contribution in [1.29, 1.82) is 0 Å². The Morgan fingerprint density at radius 3 is 2.93 bits per heavy atom. The quantitative estimate of drug-likeness (QED) is 0.788. The summed E-state index contributed by atoms with van der Waals surface area (Å²) in [6.07, 6.45) is 0. The second-order valence-corrected chi connectivity index (χ2v) is 3.43. The normalized spacial score (nSPS) is 12.5. The van der Waals surface area contributed by atoms with E-state index in [-0.39, 0.29) is 12.0 Å². The summed E-state index contributed by atoms with van der Waals surface area (Å²) < 4.78 is 9.96. The Labute approximate surface area is 93.5 Å². The lowest BCUT2D eigenvalue weighted by Crippen LogP contribution is -2.34. The predicted molar refractivity (Wildman–Crippen MR) is 56.7 cm³/mol. The first kappa shape index (κ1) is 12.1. The van der Waals surface area contributed by atoms with Crippen LogP contribution in [0.15, 0.2) is 16.5 Å². The van der Waals surface area contributed by atoms with E-state index in [1.165, 1.54) is 0 Å². The molecule has 0 aliphatic carbocycles. The Bertz CT molecular complexity index is 324. The van der Waals surface area contributed by atoms with Crippen molar-refractivity contribution in [3.05, 3.63) is 23.1 Å². The van der Waals surface area contributed by atoms with Gasteiger partial charge >= 0.3 is 5.97 Å². The van der Waals surface area contributed by atoms with Gasteiger partial charge in [-0.15, -0.1) is 0 Å². The molecule has 1 unspecified atom stereocenters. The Morgan fingerprint density at radius 2 is 2.40 bits per heavy atom. The zero-order valence-corrected chi connectivity index (χ0v) is 9.50. The Hall–Kier alpha value is -1.00. The summed E-state index contributed by atoms with van der Waals surface area (Å²) in [6, 6.07) is 3.06. The molecule has 0 bridgehead atoms. The molecule has 15 heavy (non-hydrogen) atoms. The summed E-state index contributed by atoms with van der Waals surface area (Å²) in [5.74, 6) is 0.423. The van der Waals surface area contributed by atoms with E-state index in [1.54, 1.807) is 26.0 Å². The summed E-state index contributed by atoms with van der Waals surface area (Å²) in [5, 5.41) is 3.31. The van der Waals surface area contributed by atoms with Gasteiger partial charge in [0, 0.05) is 0 Å². The van der Waals surface area contributed by atoms with Crippen molar-refractivity contribution in [2.75, 3.05) is 6.61 Å². The number of hydrogen-bond acceptors (Lipinski definition) is 4. The van der Waals surface area contributed by atoms with Crippen molar-refractivity contribution < 1.29 is 13.9 Å². The van der Waals surface area contributed by atoms with Crippen LogP contribution in [-0.4, -0.2) is 18.6 Å². The van der Waals surface area contributed by atoms with Crippen LogP contribution in [0.2, 0.25) is 5.22 Å². The molecule has 0 saturated heterocycles. The highest BCUT2D eigenvalue weighted by atomic mass is 35.5. The van der Waals surface area contributed by atoms with Crippen molar-refractivity contribution in [3.8, 4) is 0 Å². The van der Waals surface area contributed by atoms with Crippen LogP contribution in [-0.2, 0) is 16.1 Å². The highest BCUT2D eigenvalue weighted by molar-refractivity contribution is 6.28. The maximum Gasteiger partial charge on any atom is 0.322 e. The zero-order chi connectivity index (χ0) is 11.3. The standard InChI is InChI=1S/C10H14ClNO3/c1-3-14-10(13)7(2)12-6-8-4-5-9(11)15-8/h4-5,7,12H,3,6H2,1-2H3. The third-order valence-corrected chi connectivity index (χ3v) is 2.05. The van der Waals surface area contributed by atoms with Gasteiger partial charge in [0.2, 0.25) is 0 Å². The minimum Gasteiger partial charge on any atom is -0.465 e. The van der Waals surface area contributed by atoms with E-state index < -0.39 is 0 Å². The number of halogens is 1. The van der Waals surface area contributed by atoms with Gasteiger partial charge in [0.15, 0.2) is 5.22 Å². The lowest BCUT2D eigenvalue weighted by Gasteiger charge is -2.10. The van der Waals surface area contributed by atoms with Gasteiger partial charge in [-0.2, -0.15) is 0 Å². The van der Waals surface area contributed by atoms with Crippen molar-refractivity contribution in [2.24, 2.45) is 0 Å². The first-order valence-corrected chi connectivity index (χ1v) is 5.15. The maximum absolute atomic E-state index is 11.2. The van der Waals surface area contributed by atoms with Crippen molar-refractivity contribution in [1.82, 2.24) is 5.32 Å². The summed E-state index contributed by atoms with van der Waals surface area (Å²) >= 11 is 5.60. The van der Waals surface area contributed by atoms with E-state index in [2.05, 4.69) is 5.32 Å². The topological polar surface area (TPSA) is 51.5 Å². The fraction of sp³-hybridized carbons (Fsp3) is 0.500. The molecule has 5 heteroatoms. The Balaban J connectivity index is 2.33. The Morgan fingerprint density at radius 1 is 1.67 bits per heavy atom. The highest BCUT2D eigenvalue weighted by Gasteiger charge is 2.13. The van der Waals surface area contributed by atoms with E-state index in [4.69, 9.17) is 20.8 Å². The van der Waals surface area contributed by atoms with Gasteiger partial charge in [0.25, 0.3) is 0 Å². The molecule has 4 nitrogen and oxygen atoms in total. The molecule has 84 valence electrons. The molecular formula is C10H14ClNO3. The molecule has 1 heterocycles. The number of nitrogens with one attached hydrogen (secondary N) is 1. The number of carbonyl (C=O) groups excluding carboxylic acids is 1. The smallest absolute Gasteiger partial charge is 0.322 e. The second kappa shape index (κ2) is 5.78. The predicted octanol–water partition coefficient (Wildman–Crippen LogP) is 1.97. The molecule has 1 aromatic heterocycles. The van der Waals surface area contributed by atoms with Gasteiger partial charge in [0.1, 0.15) is 11.8 Å². The number of rotatable bonds is 5. The largest absolute Gasteiger partial charge is 0.465 e. The number of esters is 1. The van der Waals surface area contributed by atoms with Gasteiger partial charge < -0.3 is 9.15 Å². The van der Waals surface area contributed by atoms with Crippen LogP contribution in [0.4, 0.5) is 0 Å². The van der Waals surface area contributed by atoms with Crippen LogP contribution < -0.4 is 5.32 Å².